The minimum absolute atomic E-state index is 0.0840. The van der Waals surface area contributed by atoms with Gasteiger partial charge in [-0.25, -0.2) is 9.97 Å². The number of hydrogen-bond acceptors (Lipinski definition) is 6. The van der Waals surface area contributed by atoms with Crippen molar-refractivity contribution in [2.24, 2.45) is 0 Å². The van der Waals surface area contributed by atoms with Crippen LogP contribution in [0.5, 0.6) is 17.2 Å². The zero-order valence-electron chi connectivity index (χ0n) is 15.5. The fourth-order valence-electron chi connectivity index (χ4n) is 3.08. The van der Waals surface area contributed by atoms with E-state index in [1.54, 1.807) is 19.2 Å². The predicted molar refractivity (Wildman–Crippen MR) is 109 cm³/mol. The van der Waals surface area contributed by atoms with E-state index < -0.39 is 0 Å². The predicted octanol–water partition coefficient (Wildman–Crippen LogP) is 4.76. The van der Waals surface area contributed by atoms with E-state index in [9.17, 15) is 5.11 Å². The third-order valence-electron chi connectivity index (χ3n) is 4.48. The number of hydrogen-bond donors (Lipinski definition) is 2. The lowest BCUT2D eigenvalue weighted by molar-refractivity contribution is 0.373. The zero-order chi connectivity index (χ0) is 19.5. The summed E-state index contributed by atoms with van der Waals surface area (Å²) in [6, 6.07) is 18.9. The first-order chi connectivity index (χ1) is 13.7. The molecule has 0 aliphatic rings. The van der Waals surface area contributed by atoms with Crippen LogP contribution in [0.3, 0.4) is 0 Å². The van der Waals surface area contributed by atoms with Gasteiger partial charge in [0.05, 0.1) is 19.7 Å². The smallest absolute Gasteiger partial charge is 0.161 e. The largest absolute Gasteiger partial charge is 0.504 e. The normalized spacial score (nSPS) is 10.6. The lowest BCUT2D eigenvalue weighted by Gasteiger charge is -2.14. The van der Waals surface area contributed by atoms with Crippen LogP contribution >= 0.6 is 0 Å². The molecule has 4 aromatic rings. The van der Waals surface area contributed by atoms with Crippen LogP contribution in [0.4, 0.5) is 11.5 Å². The Bertz CT molecular complexity index is 1130. The van der Waals surface area contributed by atoms with Crippen LogP contribution in [-0.4, -0.2) is 29.3 Å². The molecular formula is C22H19N3O3. The summed E-state index contributed by atoms with van der Waals surface area (Å²) in [7, 11) is 3.14. The molecule has 6 nitrogen and oxygen atoms in total. The number of anilines is 2. The summed E-state index contributed by atoms with van der Waals surface area (Å²) in [5, 5.41) is 14.1. The number of phenolic OH excluding ortho intramolecular Hbond substituents is 1. The van der Waals surface area contributed by atoms with Crippen LogP contribution in [0.25, 0.3) is 22.0 Å². The van der Waals surface area contributed by atoms with Gasteiger partial charge in [-0.15, -0.1) is 0 Å². The highest BCUT2D eigenvalue weighted by Gasteiger charge is 2.14. The molecule has 4 rings (SSSR count). The average molecular weight is 373 g/mol. The fourth-order valence-corrected chi connectivity index (χ4v) is 3.08. The molecule has 0 saturated heterocycles. The highest BCUT2D eigenvalue weighted by atomic mass is 16.5. The summed E-state index contributed by atoms with van der Waals surface area (Å²) < 4.78 is 10.8. The van der Waals surface area contributed by atoms with E-state index >= 15 is 0 Å². The number of ether oxygens (including phenoxy) is 2. The van der Waals surface area contributed by atoms with Gasteiger partial charge in [0.2, 0.25) is 0 Å². The van der Waals surface area contributed by atoms with Gasteiger partial charge in [-0.3, -0.25) is 0 Å². The van der Waals surface area contributed by atoms with Gasteiger partial charge in [0.1, 0.15) is 17.9 Å². The SMILES string of the molecule is COc1cc(-c2cc3c(Nc4ccccc4)ncnc3cc2OC)ccc1O. The van der Waals surface area contributed by atoms with Crippen molar-refractivity contribution < 1.29 is 14.6 Å². The van der Waals surface area contributed by atoms with Gasteiger partial charge < -0.3 is 19.9 Å². The number of aromatic nitrogens is 2. The van der Waals surface area contributed by atoms with Crippen molar-refractivity contribution in [2.75, 3.05) is 19.5 Å². The lowest BCUT2D eigenvalue weighted by Crippen LogP contribution is -1.97. The number of aromatic hydroxyl groups is 1. The number of nitrogens with one attached hydrogen (secondary N) is 1. The molecule has 1 aromatic heterocycles. The highest BCUT2D eigenvalue weighted by molar-refractivity contribution is 5.96. The molecule has 0 aliphatic carbocycles. The van der Waals surface area contributed by atoms with Crippen LogP contribution in [0.1, 0.15) is 0 Å². The summed E-state index contributed by atoms with van der Waals surface area (Å²) in [6.45, 7) is 0. The Hall–Kier alpha value is -3.80. The Balaban J connectivity index is 1.88. The van der Waals surface area contributed by atoms with Gasteiger partial charge in [0.25, 0.3) is 0 Å². The molecule has 0 spiro atoms. The first kappa shape index (κ1) is 17.6. The molecule has 3 aromatic carbocycles. The van der Waals surface area contributed by atoms with Gasteiger partial charge in [-0.1, -0.05) is 24.3 Å². The summed E-state index contributed by atoms with van der Waals surface area (Å²) in [5.74, 6) is 1.85. The Morgan fingerprint density at radius 1 is 0.857 bits per heavy atom. The average Bonchev–Trinajstić information content (AvgIpc) is 2.74. The van der Waals surface area contributed by atoms with Crippen molar-refractivity contribution in [1.29, 1.82) is 0 Å². The van der Waals surface area contributed by atoms with Gasteiger partial charge in [-0.2, -0.15) is 0 Å². The van der Waals surface area contributed by atoms with Crippen molar-refractivity contribution in [2.45, 2.75) is 0 Å². The molecule has 0 amide bonds. The maximum atomic E-state index is 9.90. The standard InChI is InChI=1S/C22H19N3O3/c1-27-20-12-18-17(11-16(20)14-8-9-19(26)21(10-14)28-2)22(24-13-23-18)25-15-6-4-3-5-7-15/h3-13,26H,1-2H3,(H,23,24,25). The second kappa shape index (κ2) is 7.44. The number of phenols is 1. The van der Waals surface area contributed by atoms with Crippen LogP contribution in [0.2, 0.25) is 0 Å². The summed E-state index contributed by atoms with van der Waals surface area (Å²) in [6.07, 6.45) is 1.52. The van der Waals surface area contributed by atoms with Gasteiger partial charge >= 0.3 is 0 Å². The Morgan fingerprint density at radius 2 is 1.64 bits per heavy atom. The molecular weight excluding hydrogens is 354 g/mol. The maximum Gasteiger partial charge on any atom is 0.161 e. The first-order valence-corrected chi connectivity index (χ1v) is 8.72. The van der Waals surface area contributed by atoms with Gasteiger partial charge in [0.15, 0.2) is 11.5 Å². The van der Waals surface area contributed by atoms with Crippen molar-refractivity contribution in [1.82, 2.24) is 9.97 Å². The minimum atomic E-state index is 0.0840. The fraction of sp³-hybridized carbons (Fsp3) is 0.0909. The van der Waals surface area contributed by atoms with Crippen molar-refractivity contribution in [3.05, 3.63) is 67.0 Å². The molecule has 0 saturated carbocycles. The van der Waals surface area contributed by atoms with Crippen LogP contribution < -0.4 is 14.8 Å². The van der Waals surface area contributed by atoms with E-state index in [-0.39, 0.29) is 5.75 Å². The van der Waals surface area contributed by atoms with Gasteiger partial charge in [-0.05, 0) is 35.9 Å². The third kappa shape index (κ3) is 3.27. The molecule has 2 N–H and O–H groups in total. The Kier molecular flexibility index (Phi) is 4.68. The molecule has 0 radical (unpaired) electrons. The van der Waals surface area contributed by atoms with Crippen LogP contribution in [0, 0.1) is 0 Å². The second-order valence-corrected chi connectivity index (χ2v) is 6.17. The zero-order valence-corrected chi connectivity index (χ0v) is 15.5. The molecule has 6 heteroatoms. The quantitative estimate of drug-likeness (QED) is 0.525. The van der Waals surface area contributed by atoms with E-state index in [1.807, 2.05) is 48.5 Å². The molecule has 0 aliphatic heterocycles. The summed E-state index contributed by atoms with van der Waals surface area (Å²) >= 11 is 0. The molecule has 0 atom stereocenters. The number of rotatable bonds is 5. The minimum Gasteiger partial charge on any atom is -0.504 e. The topological polar surface area (TPSA) is 76.5 Å². The van der Waals surface area contributed by atoms with Crippen LogP contribution in [-0.2, 0) is 0 Å². The first-order valence-electron chi connectivity index (χ1n) is 8.72. The van der Waals surface area contributed by atoms with Crippen molar-refractivity contribution in [3.63, 3.8) is 0 Å². The van der Waals surface area contributed by atoms with E-state index in [2.05, 4.69) is 15.3 Å². The second-order valence-electron chi connectivity index (χ2n) is 6.17. The number of fused-ring (bicyclic) bond motifs is 1. The third-order valence-corrected chi connectivity index (χ3v) is 4.48. The monoisotopic (exact) mass is 373 g/mol. The van der Waals surface area contributed by atoms with Gasteiger partial charge in [0, 0.05) is 22.7 Å². The van der Waals surface area contributed by atoms with E-state index in [1.165, 1.54) is 13.4 Å². The number of para-hydroxylation sites is 1. The molecule has 0 unspecified atom stereocenters. The highest BCUT2D eigenvalue weighted by Crippen LogP contribution is 2.39. The lowest BCUT2D eigenvalue weighted by atomic mass is 10.0. The van der Waals surface area contributed by atoms with E-state index in [4.69, 9.17) is 9.47 Å². The molecule has 28 heavy (non-hydrogen) atoms. The number of methoxy groups -OCH3 is 2. The summed E-state index contributed by atoms with van der Waals surface area (Å²) in [4.78, 5) is 8.79. The van der Waals surface area contributed by atoms with Crippen molar-refractivity contribution in [3.8, 4) is 28.4 Å². The van der Waals surface area contributed by atoms with E-state index in [0.717, 1.165) is 27.7 Å². The summed E-state index contributed by atoms with van der Waals surface area (Å²) in [5.41, 5.74) is 3.40. The van der Waals surface area contributed by atoms with Crippen LogP contribution in [0.15, 0.2) is 67.0 Å². The number of benzene rings is 3. The number of nitrogens with zero attached hydrogens (tertiary/aromatic N) is 2. The molecule has 140 valence electrons. The molecule has 0 bridgehead atoms. The van der Waals surface area contributed by atoms with E-state index in [0.29, 0.717) is 17.3 Å². The molecule has 1 heterocycles. The van der Waals surface area contributed by atoms with Crippen molar-refractivity contribution >= 4 is 22.4 Å². The Labute approximate surface area is 162 Å². The molecule has 0 fully saturated rings. The Morgan fingerprint density at radius 3 is 2.39 bits per heavy atom. The maximum absolute atomic E-state index is 9.90.